The van der Waals surface area contributed by atoms with E-state index < -0.39 is 0 Å². The maximum atomic E-state index is 12.7. The minimum Gasteiger partial charge on any atom is -0.495 e. The molecule has 174 valence electrons. The van der Waals surface area contributed by atoms with E-state index in [0.717, 1.165) is 54.4 Å². The number of ether oxygens (including phenoxy) is 1. The Morgan fingerprint density at radius 3 is 2.76 bits per heavy atom. The number of hydrogen-bond donors (Lipinski definition) is 2. The molecular formula is C26H27N5O3. The summed E-state index contributed by atoms with van der Waals surface area (Å²) in [7, 11) is 1.61. The normalized spacial score (nSPS) is 18.0. The molecule has 1 aliphatic heterocycles. The van der Waals surface area contributed by atoms with E-state index in [1.54, 1.807) is 11.7 Å². The van der Waals surface area contributed by atoms with Crippen molar-refractivity contribution in [2.24, 2.45) is 11.8 Å². The first-order chi connectivity index (χ1) is 16.6. The number of amides is 1. The summed E-state index contributed by atoms with van der Waals surface area (Å²) in [5.41, 5.74) is 3.53. The predicted octanol–water partition coefficient (Wildman–Crippen LogP) is 3.52. The monoisotopic (exact) mass is 457 g/mol. The molecule has 1 aliphatic carbocycles. The van der Waals surface area contributed by atoms with Crippen LogP contribution in [0.25, 0.3) is 27.7 Å². The van der Waals surface area contributed by atoms with E-state index in [2.05, 4.69) is 33.4 Å². The Morgan fingerprint density at radius 2 is 1.94 bits per heavy atom. The highest BCUT2D eigenvalue weighted by atomic mass is 16.5. The number of nitrogens with zero attached hydrogens (tertiary/aromatic N) is 3. The van der Waals surface area contributed by atoms with Gasteiger partial charge >= 0.3 is 5.69 Å². The van der Waals surface area contributed by atoms with Crippen LogP contribution in [-0.4, -0.2) is 50.8 Å². The molecule has 2 aliphatic rings. The van der Waals surface area contributed by atoms with Crippen LogP contribution in [0.3, 0.4) is 0 Å². The Kier molecular flexibility index (Phi) is 5.01. The molecule has 0 radical (unpaired) electrons. The van der Waals surface area contributed by atoms with Crippen molar-refractivity contribution in [3.63, 3.8) is 0 Å². The second-order valence-electron chi connectivity index (χ2n) is 9.36. The van der Waals surface area contributed by atoms with Gasteiger partial charge in [-0.15, -0.1) is 0 Å². The fourth-order valence-electron chi connectivity index (χ4n) is 5.04. The van der Waals surface area contributed by atoms with Crippen LogP contribution in [0.15, 0.2) is 53.5 Å². The summed E-state index contributed by atoms with van der Waals surface area (Å²) in [6.07, 6.45) is 5.53. The SMILES string of the molecule is COc1cc(-c2ccc3[nH]ccc3c2)ccc1-n1c(C[C@@H]2CCN(C(=O)C3CC3)C2)n[nH]c1=O. The lowest BCUT2D eigenvalue weighted by Gasteiger charge is -2.17. The molecule has 0 bridgehead atoms. The van der Waals surface area contributed by atoms with Crippen LogP contribution in [0.5, 0.6) is 5.75 Å². The number of hydrogen-bond acceptors (Lipinski definition) is 4. The van der Waals surface area contributed by atoms with Crippen molar-refractivity contribution in [1.82, 2.24) is 24.6 Å². The Bertz CT molecular complexity index is 1430. The number of aromatic amines is 2. The quantitative estimate of drug-likeness (QED) is 0.463. The fraction of sp³-hybridized carbons (Fsp3) is 0.346. The van der Waals surface area contributed by atoms with E-state index in [1.165, 1.54) is 0 Å². The van der Waals surface area contributed by atoms with Crippen molar-refractivity contribution in [3.05, 3.63) is 65.0 Å². The molecular weight excluding hydrogens is 430 g/mol. The van der Waals surface area contributed by atoms with E-state index in [0.29, 0.717) is 23.7 Å². The Balaban J connectivity index is 1.28. The minimum atomic E-state index is -0.293. The van der Waals surface area contributed by atoms with Crippen LogP contribution >= 0.6 is 0 Å². The van der Waals surface area contributed by atoms with Gasteiger partial charge < -0.3 is 14.6 Å². The van der Waals surface area contributed by atoms with Gasteiger partial charge in [-0.3, -0.25) is 4.79 Å². The zero-order valence-corrected chi connectivity index (χ0v) is 19.1. The van der Waals surface area contributed by atoms with Gasteiger partial charge in [0.05, 0.1) is 12.8 Å². The summed E-state index contributed by atoms with van der Waals surface area (Å²) < 4.78 is 7.31. The van der Waals surface area contributed by atoms with Gasteiger partial charge in [0.15, 0.2) is 0 Å². The molecule has 34 heavy (non-hydrogen) atoms. The molecule has 4 aromatic rings. The van der Waals surface area contributed by atoms with Crippen LogP contribution in [0, 0.1) is 11.8 Å². The maximum absolute atomic E-state index is 12.7. The highest BCUT2D eigenvalue weighted by Gasteiger charge is 2.37. The lowest BCUT2D eigenvalue weighted by molar-refractivity contribution is -0.131. The van der Waals surface area contributed by atoms with Gasteiger partial charge in [-0.1, -0.05) is 12.1 Å². The molecule has 3 heterocycles. The summed E-state index contributed by atoms with van der Waals surface area (Å²) in [4.78, 5) is 30.4. The summed E-state index contributed by atoms with van der Waals surface area (Å²) in [6, 6.07) is 14.2. The number of carbonyl (C=O) groups excluding carboxylic acids is 1. The second-order valence-corrected chi connectivity index (χ2v) is 9.36. The molecule has 1 amide bonds. The number of carbonyl (C=O) groups is 1. The first-order valence-corrected chi connectivity index (χ1v) is 11.8. The zero-order valence-electron chi connectivity index (χ0n) is 19.1. The summed E-state index contributed by atoms with van der Waals surface area (Å²) in [5.74, 6) is 2.08. The molecule has 2 aromatic carbocycles. The lowest BCUT2D eigenvalue weighted by atomic mass is 10.0. The van der Waals surface area contributed by atoms with Gasteiger partial charge in [0, 0.05) is 37.1 Å². The molecule has 8 nitrogen and oxygen atoms in total. The molecule has 8 heteroatoms. The summed E-state index contributed by atoms with van der Waals surface area (Å²) >= 11 is 0. The number of nitrogens with one attached hydrogen (secondary N) is 2. The molecule has 1 atom stereocenters. The van der Waals surface area contributed by atoms with Gasteiger partial charge in [0.1, 0.15) is 11.6 Å². The van der Waals surface area contributed by atoms with Crippen molar-refractivity contribution >= 4 is 16.8 Å². The van der Waals surface area contributed by atoms with Crippen LogP contribution in [0.1, 0.15) is 25.1 Å². The van der Waals surface area contributed by atoms with Crippen LogP contribution in [0.2, 0.25) is 0 Å². The van der Waals surface area contributed by atoms with Crippen molar-refractivity contribution in [3.8, 4) is 22.6 Å². The third-order valence-electron chi connectivity index (χ3n) is 7.04. The molecule has 2 aromatic heterocycles. The van der Waals surface area contributed by atoms with Gasteiger partial charge in [-0.25, -0.2) is 14.5 Å². The second kappa shape index (κ2) is 8.20. The van der Waals surface area contributed by atoms with E-state index in [1.807, 2.05) is 35.4 Å². The van der Waals surface area contributed by atoms with E-state index in [4.69, 9.17) is 4.74 Å². The van der Waals surface area contributed by atoms with Gasteiger partial charge in [0.25, 0.3) is 0 Å². The lowest BCUT2D eigenvalue weighted by Crippen LogP contribution is -2.30. The average Bonchev–Trinajstić information content (AvgIpc) is 3.24. The largest absolute Gasteiger partial charge is 0.495 e. The van der Waals surface area contributed by atoms with E-state index in [-0.39, 0.29) is 23.4 Å². The molecule has 1 saturated heterocycles. The van der Waals surface area contributed by atoms with E-state index in [9.17, 15) is 9.59 Å². The fourth-order valence-corrected chi connectivity index (χ4v) is 5.04. The zero-order chi connectivity index (χ0) is 23.2. The molecule has 6 rings (SSSR count). The number of methoxy groups -OCH3 is 1. The first-order valence-electron chi connectivity index (χ1n) is 11.8. The highest BCUT2D eigenvalue weighted by Crippen LogP contribution is 2.34. The predicted molar refractivity (Wildman–Crippen MR) is 129 cm³/mol. The molecule has 0 spiro atoms. The number of H-pyrrole nitrogens is 2. The number of rotatable bonds is 6. The minimum absolute atomic E-state index is 0.239. The van der Waals surface area contributed by atoms with Gasteiger partial charge in [-0.2, -0.15) is 5.10 Å². The Labute approximate surface area is 196 Å². The molecule has 2 fully saturated rings. The van der Waals surface area contributed by atoms with Crippen LogP contribution in [-0.2, 0) is 11.2 Å². The summed E-state index contributed by atoms with van der Waals surface area (Å²) in [6.45, 7) is 1.52. The van der Waals surface area contributed by atoms with Gasteiger partial charge in [-0.05, 0) is 72.0 Å². The number of likely N-dealkylation sites (tertiary alicyclic amines) is 1. The smallest absolute Gasteiger partial charge is 0.348 e. The van der Waals surface area contributed by atoms with Crippen molar-refractivity contribution in [2.75, 3.05) is 20.2 Å². The van der Waals surface area contributed by atoms with E-state index >= 15 is 0 Å². The Hall–Kier alpha value is -3.81. The highest BCUT2D eigenvalue weighted by molar-refractivity contribution is 5.85. The topological polar surface area (TPSA) is 96.0 Å². The van der Waals surface area contributed by atoms with Crippen LogP contribution < -0.4 is 10.4 Å². The van der Waals surface area contributed by atoms with Gasteiger partial charge in [0.2, 0.25) is 5.91 Å². The first kappa shape index (κ1) is 20.8. The number of fused-ring (bicyclic) bond motifs is 1. The summed E-state index contributed by atoms with van der Waals surface area (Å²) in [5, 5.41) is 8.06. The Morgan fingerprint density at radius 1 is 1.12 bits per heavy atom. The molecule has 2 N–H and O–H groups in total. The average molecular weight is 458 g/mol. The van der Waals surface area contributed by atoms with Crippen molar-refractivity contribution < 1.29 is 9.53 Å². The number of aromatic nitrogens is 4. The van der Waals surface area contributed by atoms with Crippen molar-refractivity contribution in [1.29, 1.82) is 0 Å². The van der Waals surface area contributed by atoms with Crippen molar-refractivity contribution in [2.45, 2.75) is 25.7 Å². The van der Waals surface area contributed by atoms with Crippen LogP contribution in [0.4, 0.5) is 0 Å². The maximum Gasteiger partial charge on any atom is 0.348 e. The molecule has 0 unspecified atom stereocenters. The standard InChI is InChI=1S/C26H27N5O3/c1-34-23-14-19(18-4-6-21-20(13-18)8-10-27-21)5-7-22(23)31-24(28-29-26(31)33)12-16-9-11-30(15-16)25(32)17-2-3-17/h4-8,10,13-14,16-17,27H,2-3,9,11-12,15H2,1H3,(H,29,33)/t16-/m0/s1. The third-order valence-corrected chi connectivity index (χ3v) is 7.04. The molecule has 1 saturated carbocycles. The number of benzene rings is 2. The third kappa shape index (κ3) is 3.69.